The summed E-state index contributed by atoms with van der Waals surface area (Å²) in [6, 6.07) is 7.11. The summed E-state index contributed by atoms with van der Waals surface area (Å²) in [6.07, 6.45) is 0. The number of nitrogens with zero attached hydrogens (tertiary/aromatic N) is 1. The minimum Gasteiger partial charge on any atom is -0.290 e. The fourth-order valence-corrected chi connectivity index (χ4v) is 2.01. The van der Waals surface area contributed by atoms with Crippen molar-refractivity contribution in [1.29, 1.82) is 0 Å². The maximum Gasteiger partial charge on any atom is 0.265 e. The van der Waals surface area contributed by atoms with Crippen LogP contribution in [0.4, 0.5) is 0 Å². The van der Waals surface area contributed by atoms with Crippen molar-refractivity contribution in [3.63, 3.8) is 0 Å². The highest BCUT2D eigenvalue weighted by Gasteiger charge is 2.15. The number of nitrogen functional groups attached to an aromatic ring is 1. The molecule has 0 unspecified atom stereocenters. The summed E-state index contributed by atoms with van der Waals surface area (Å²) < 4.78 is 0. The van der Waals surface area contributed by atoms with Crippen LogP contribution in [-0.4, -0.2) is 10.9 Å². The zero-order chi connectivity index (χ0) is 13.3. The van der Waals surface area contributed by atoms with Crippen molar-refractivity contribution in [3.8, 4) is 0 Å². The van der Waals surface area contributed by atoms with Crippen LogP contribution in [0.3, 0.4) is 0 Å². The Hall–Kier alpha value is -1.65. The number of para-hydroxylation sites is 1. The molecular formula is C13H14ClN3O. The molecule has 0 atom stereocenters. The van der Waals surface area contributed by atoms with Crippen LogP contribution in [0.1, 0.15) is 35.8 Å². The molecule has 1 heterocycles. The molecule has 18 heavy (non-hydrogen) atoms. The molecule has 3 N–H and O–H groups in total. The number of nitrogens with one attached hydrogen (secondary N) is 1. The largest absolute Gasteiger partial charge is 0.290 e. The average Bonchev–Trinajstić information content (AvgIpc) is 2.37. The van der Waals surface area contributed by atoms with Crippen LogP contribution in [0.15, 0.2) is 24.3 Å². The molecule has 0 radical (unpaired) electrons. The molecule has 1 aromatic carbocycles. The molecule has 0 spiro atoms. The smallest absolute Gasteiger partial charge is 0.265 e. The van der Waals surface area contributed by atoms with Gasteiger partial charge in [0.15, 0.2) is 0 Å². The molecule has 0 aliphatic heterocycles. The Morgan fingerprint density at radius 2 is 2.17 bits per heavy atom. The number of carbonyl (C=O) groups excluding carboxylic acids is 1. The lowest BCUT2D eigenvalue weighted by Gasteiger charge is -2.11. The number of aromatic nitrogens is 1. The molecule has 0 aliphatic carbocycles. The molecule has 1 amide bonds. The van der Waals surface area contributed by atoms with E-state index in [1.54, 1.807) is 18.2 Å². The third-order valence-corrected chi connectivity index (χ3v) is 3.08. The van der Waals surface area contributed by atoms with Gasteiger partial charge in [0.05, 0.1) is 16.1 Å². The first-order valence-corrected chi connectivity index (χ1v) is 6.02. The predicted molar refractivity (Wildman–Crippen MR) is 72.5 cm³/mol. The standard InChI is InChI=1S/C13H14ClN3O/c1-7(2)11-6-9(13(18)17-15)8-4-3-5-10(14)12(8)16-11/h3-7H,15H2,1-2H3,(H,17,18). The monoisotopic (exact) mass is 263 g/mol. The molecule has 0 fully saturated rings. The lowest BCUT2D eigenvalue weighted by Crippen LogP contribution is -2.30. The minimum absolute atomic E-state index is 0.204. The third kappa shape index (κ3) is 2.17. The van der Waals surface area contributed by atoms with Gasteiger partial charge in [-0.1, -0.05) is 37.6 Å². The predicted octanol–water partition coefficient (Wildman–Crippen LogP) is 2.62. The highest BCUT2D eigenvalue weighted by Crippen LogP contribution is 2.27. The van der Waals surface area contributed by atoms with Gasteiger partial charge >= 0.3 is 0 Å². The number of carbonyl (C=O) groups is 1. The Kier molecular flexibility index (Phi) is 3.50. The topological polar surface area (TPSA) is 68.0 Å². The van der Waals surface area contributed by atoms with Crippen molar-refractivity contribution < 1.29 is 4.79 Å². The number of hydrazine groups is 1. The van der Waals surface area contributed by atoms with E-state index in [2.05, 4.69) is 10.4 Å². The van der Waals surface area contributed by atoms with Gasteiger partial charge in [0.1, 0.15) is 0 Å². The van der Waals surface area contributed by atoms with Crippen LogP contribution >= 0.6 is 11.6 Å². The Balaban J connectivity index is 2.81. The molecular weight excluding hydrogens is 250 g/mol. The van der Waals surface area contributed by atoms with Gasteiger partial charge in [-0.25, -0.2) is 5.84 Å². The van der Waals surface area contributed by atoms with Crippen LogP contribution in [0.2, 0.25) is 5.02 Å². The summed E-state index contributed by atoms with van der Waals surface area (Å²) >= 11 is 6.13. The summed E-state index contributed by atoms with van der Waals surface area (Å²) in [5.74, 6) is 5.07. The van der Waals surface area contributed by atoms with E-state index in [9.17, 15) is 4.79 Å². The molecule has 5 heteroatoms. The molecule has 2 rings (SSSR count). The molecule has 2 aromatic rings. The van der Waals surface area contributed by atoms with Gasteiger partial charge in [0, 0.05) is 11.1 Å². The molecule has 94 valence electrons. The first-order valence-electron chi connectivity index (χ1n) is 5.64. The quantitative estimate of drug-likeness (QED) is 0.497. The summed E-state index contributed by atoms with van der Waals surface area (Å²) in [5, 5.41) is 1.23. The maximum absolute atomic E-state index is 11.8. The highest BCUT2D eigenvalue weighted by atomic mass is 35.5. The molecule has 0 saturated heterocycles. The van der Waals surface area contributed by atoms with Crippen molar-refractivity contribution in [2.75, 3.05) is 0 Å². The van der Waals surface area contributed by atoms with Crippen molar-refractivity contribution >= 4 is 28.4 Å². The van der Waals surface area contributed by atoms with E-state index in [0.717, 1.165) is 5.69 Å². The number of pyridine rings is 1. The normalized spacial score (nSPS) is 10.9. The number of hydrogen-bond donors (Lipinski definition) is 2. The van der Waals surface area contributed by atoms with E-state index in [1.165, 1.54) is 0 Å². The lowest BCUT2D eigenvalue weighted by atomic mass is 10.0. The summed E-state index contributed by atoms with van der Waals surface area (Å²) in [5.41, 5.74) is 4.09. The van der Waals surface area contributed by atoms with Crippen LogP contribution in [0.5, 0.6) is 0 Å². The van der Waals surface area contributed by atoms with Gasteiger partial charge in [-0.3, -0.25) is 15.2 Å². The molecule has 0 aliphatic rings. The second-order valence-corrected chi connectivity index (χ2v) is 4.77. The van der Waals surface area contributed by atoms with Gasteiger partial charge in [0.2, 0.25) is 0 Å². The van der Waals surface area contributed by atoms with E-state index in [4.69, 9.17) is 17.4 Å². The Labute approximate surface area is 110 Å². The van der Waals surface area contributed by atoms with Gasteiger partial charge in [-0.15, -0.1) is 0 Å². The highest BCUT2D eigenvalue weighted by molar-refractivity contribution is 6.35. The Morgan fingerprint density at radius 3 is 2.78 bits per heavy atom. The Morgan fingerprint density at radius 1 is 1.44 bits per heavy atom. The number of amides is 1. The minimum atomic E-state index is -0.341. The first kappa shape index (κ1) is 12.8. The number of halogens is 1. The Bertz CT molecular complexity index is 610. The fraction of sp³-hybridized carbons (Fsp3) is 0.231. The van der Waals surface area contributed by atoms with Crippen LogP contribution in [0, 0.1) is 0 Å². The number of nitrogens with two attached hydrogens (primary N) is 1. The van der Waals surface area contributed by atoms with Crippen LogP contribution < -0.4 is 11.3 Å². The maximum atomic E-state index is 11.8. The van der Waals surface area contributed by atoms with E-state index < -0.39 is 0 Å². The lowest BCUT2D eigenvalue weighted by molar-refractivity contribution is 0.0955. The van der Waals surface area contributed by atoms with Gasteiger partial charge in [0.25, 0.3) is 5.91 Å². The molecule has 1 aromatic heterocycles. The zero-order valence-corrected chi connectivity index (χ0v) is 11.0. The van der Waals surface area contributed by atoms with Crippen molar-refractivity contribution in [2.24, 2.45) is 5.84 Å². The number of hydrogen-bond acceptors (Lipinski definition) is 3. The van der Waals surface area contributed by atoms with Crippen LogP contribution in [0.25, 0.3) is 10.9 Å². The summed E-state index contributed by atoms with van der Waals surface area (Å²) in [6.45, 7) is 4.02. The first-order chi connectivity index (χ1) is 8.54. The zero-order valence-electron chi connectivity index (χ0n) is 10.2. The van der Waals surface area contributed by atoms with Crippen molar-refractivity contribution in [2.45, 2.75) is 19.8 Å². The van der Waals surface area contributed by atoms with Gasteiger partial charge < -0.3 is 0 Å². The molecule has 4 nitrogen and oxygen atoms in total. The average molecular weight is 264 g/mol. The van der Waals surface area contributed by atoms with Gasteiger partial charge in [-0.05, 0) is 18.1 Å². The summed E-state index contributed by atoms with van der Waals surface area (Å²) in [4.78, 5) is 16.3. The third-order valence-electron chi connectivity index (χ3n) is 2.78. The van der Waals surface area contributed by atoms with E-state index >= 15 is 0 Å². The van der Waals surface area contributed by atoms with E-state index in [1.807, 2.05) is 19.9 Å². The van der Waals surface area contributed by atoms with Crippen LogP contribution in [-0.2, 0) is 0 Å². The van der Waals surface area contributed by atoms with Crippen molar-refractivity contribution in [1.82, 2.24) is 10.4 Å². The number of rotatable bonds is 2. The molecule has 0 saturated carbocycles. The molecule has 0 bridgehead atoms. The second-order valence-electron chi connectivity index (χ2n) is 4.36. The van der Waals surface area contributed by atoms with Crippen molar-refractivity contribution in [3.05, 3.63) is 40.5 Å². The number of benzene rings is 1. The second kappa shape index (κ2) is 4.92. The van der Waals surface area contributed by atoms with Gasteiger partial charge in [-0.2, -0.15) is 0 Å². The summed E-state index contributed by atoms with van der Waals surface area (Å²) in [7, 11) is 0. The fourth-order valence-electron chi connectivity index (χ4n) is 1.79. The van der Waals surface area contributed by atoms with E-state index in [0.29, 0.717) is 21.5 Å². The number of fused-ring (bicyclic) bond motifs is 1. The van der Waals surface area contributed by atoms with E-state index in [-0.39, 0.29) is 11.8 Å². The SMILES string of the molecule is CC(C)c1cc(C(=O)NN)c2cccc(Cl)c2n1.